The number of piperazine rings is 1. The summed E-state index contributed by atoms with van der Waals surface area (Å²) in [6.45, 7) is 5.52. The number of nitrogens with zero attached hydrogens (tertiary/aromatic N) is 6. The number of rotatable bonds is 4. The molecule has 0 amide bonds. The van der Waals surface area contributed by atoms with Crippen LogP contribution >= 0.6 is 0 Å². The Morgan fingerprint density at radius 2 is 1.73 bits per heavy atom. The third-order valence-corrected chi connectivity index (χ3v) is 4.93. The van der Waals surface area contributed by atoms with Gasteiger partial charge in [0.2, 0.25) is 5.95 Å². The molecular formula is C19H21FN6. The number of tetrazole rings is 1. The second kappa shape index (κ2) is 7.21. The van der Waals surface area contributed by atoms with Crippen LogP contribution in [0.15, 0.2) is 54.6 Å². The third kappa shape index (κ3) is 3.30. The van der Waals surface area contributed by atoms with Crippen molar-refractivity contribution in [3.63, 3.8) is 0 Å². The van der Waals surface area contributed by atoms with Crippen LogP contribution in [0.3, 0.4) is 0 Å². The molecule has 0 saturated carbocycles. The van der Waals surface area contributed by atoms with E-state index in [0.717, 1.165) is 43.4 Å². The Kier molecular flexibility index (Phi) is 4.62. The van der Waals surface area contributed by atoms with Crippen LogP contribution < -0.4 is 4.90 Å². The quantitative estimate of drug-likeness (QED) is 0.723. The zero-order valence-corrected chi connectivity index (χ0v) is 14.7. The molecular weight excluding hydrogens is 331 g/mol. The molecule has 0 N–H and O–H groups in total. The van der Waals surface area contributed by atoms with E-state index in [0.29, 0.717) is 0 Å². The smallest absolute Gasteiger partial charge is 0.250 e. The van der Waals surface area contributed by atoms with Crippen LogP contribution in [0.25, 0.3) is 5.69 Å². The lowest BCUT2D eigenvalue weighted by Gasteiger charge is -2.38. The number of benzene rings is 2. The lowest BCUT2D eigenvalue weighted by Crippen LogP contribution is -2.48. The maximum absolute atomic E-state index is 13.5. The molecule has 2 heterocycles. The maximum Gasteiger partial charge on any atom is 0.250 e. The van der Waals surface area contributed by atoms with Crippen molar-refractivity contribution in [3.8, 4) is 5.69 Å². The molecule has 0 aliphatic carbocycles. The highest BCUT2D eigenvalue weighted by atomic mass is 19.1. The average molecular weight is 352 g/mol. The number of hydrogen-bond acceptors (Lipinski definition) is 5. The minimum Gasteiger partial charge on any atom is -0.337 e. The number of para-hydroxylation sites is 1. The van der Waals surface area contributed by atoms with Gasteiger partial charge in [0.1, 0.15) is 5.82 Å². The predicted molar refractivity (Wildman–Crippen MR) is 97.8 cm³/mol. The number of halogens is 1. The first kappa shape index (κ1) is 16.7. The molecule has 1 unspecified atom stereocenters. The zero-order valence-electron chi connectivity index (χ0n) is 14.7. The molecule has 1 atom stereocenters. The highest BCUT2D eigenvalue weighted by Gasteiger charge is 2.25. The van der Waals surface area contributed by atoms with Crippen LogP contribution in [-0.2, 0) is 0 Å². The third-order valence-electron chi connectivity index (χ3n) is 4.93. The molecule has 2 aromatic carbocycles. The Balaban J connectivity index is 1.46. The second-order valence-electron chi connectivity index (χ2n) is 6.48. The van der Waals surface area contributed by atoms with Crippen molar-refractivity contribution < 1.29 is 4.39 Å². The van der Waals surface area contributed by atoms with Crippen molar-refractivity contribution in [2.45, 2.75) is 13.0 Å². The topological polar surface area (TPSA) is 50.1 Å². The SMILES string of the molecule is CC(c1cccc(F)c1)N1CCN(c2nnnn2-c2ccccc2)CC1. The summed E-state index contributed by atoms with van der Waals surface area (Å²) < 4.78 is 15.3. The summed E-state index contributed by atoms with van der Waals surface area (Å²) in [7, 11) is 0. The Morgan fingerprint density at radius 1 is 0.962 bits per heavy atom. The lowest BCUT2D eigenvalue weighted by molar-refractivity contribution is 0.197. The fourth-order valence-corrected chi connectivity index (χ4v) is 3.40. The van der Waals surface area contributed by atoms with Gasteiger partial charge >= 0.3 is 0 Å². The molecule has 0 bridgehead atoms. The largest absolute Gasteiger partial charge is 0.337 e. The molecule has 1 fully saturated rings. The van der Waals surface area contributed by atoms with Crippen molar-refractivity contribution in [3.05, 3.63) is 66.0 Å². The fourth-order valence-electron chi connectivity index (χ4n) is 3.40. The van der Waals surface area contributed by atoms with Gasteiger partial charge in [-0.25, -0.2) is 4.39 Å². The molecule has 1 aliphatic rings. The van der Waals surface area contributed by atoms with Crippen LogP contribution in [0.4, 0.5) is 10.3 Å². The van der Waals surface area contributed by atoms with Gasteiger partial charge in [-0.1, -0.05) is 35.4 Å². The van der Waals surface area contributed by atoms with Gasteiger partial charge in [-0.2, -0.15) is 4.68 Å². The summed E-state index contributed by atoms with van der Waals surface area (Å²) in [5.74, 6) is 0.573. The Labute approximate surface area is 151 Å². The summed E-state index contributed by atoms with van der Waals surface area (Å²) in [6, 6.07) is 16.9. The van der Waals surface area contributed by atoms with Gasteiger partial charge in [0, 0.05) is 32.2 Å². The van der Waals surface area contributed by atoms with Gasteiger partial charge in [0.25, 0.3) is 0 Å². The van der Waals surface area contributed by atoms with E-state index in [9.17, 15) is 4.39 Å². The fraction of sp³-hybridized carbons (Fsp3) is 0.316. The molecule has 1 saturated heterocycles. The predicted octanol–water partition coefficient (Wildman–Crippen LogP) is 2.68. The first-order valence-corrected chi connectivity index (χ1v) is 8.80. The molecule has 6 nitrogen and oxygen atoms in total. The van der Waals surface area contributed by atoms with E-state index in [4.69, 9.17) is 0 Å². The average Bonchev–Trinajstić information content (AvgIpc) is 3.18. The minimum absolute atomic E-state index is 0.179. The van der Waals surface area contributed by atoms with Crippen molar-refractivity contribution in [1.29, 1.82) is 0 Å². The van der Waals surface area contributed by atoms with E-state index in [1.165, 1.54) is 6.07 Å². The first-order chi connectivity index (χ1) is 12.7. The van der Waals surface area contributed by atoms with Crippen LogP contribution in [-0.4, -0.2) is 51.3 Å². The van der Waals surface area contributed by atoms with Crippen LogP contribution in [0, 0.1) is 5.82 Å². The van der Waals surface area contributed by atoms with E-state index >= 15 is 0 Å². The monoisotopic (exact) mass is 352 g/mol. The molecule has 0 spiro atoms. The zero-order chi connectivity index (χ0) is 17.9. The Bertz CT molecular complexity index is 857. The van der Waals surface area contributed by atoms with Crippen LogP contribution in [0.5, 0.6) is 0 Å². The summed E-state index contributed by atoms with van der Waals surface area (Å²) >= 11 is 0. The van der Waals surface area contributed by atoms with E-state index in [1.54, 1.807) is 16.8 Å². The van der Waals surface area contributed by atoms with Crippen LogP contribution in [0.1, 0.15) is 18.5 Å². The van der Waals surface area contributed by atoms with Gasteiger partial charge in [-0.3, -0.25) is 4.90 Å². The highest BCUT2D eigenvalue weighted by molar-refractivity contribution is 5.40. The highest BCUT2D eigenvalue weighted by Crippen LogP contribution is 2.24. The van der Waals surface area contributed by atoms with Gasteiger partial charge in [0.15, 0.2) is 0 Å². The Hall–Kier alpha value is -2.80. The van der Waals surface area contributed by atoms with Crippen molar-refractivity contribution in [2.24, 2.45) is 0 Å². The van der Waals surface area contributed by atoms with Gasteiger partial charge < -0.3 is 4.90 Å². The molecule has 4 rings (SSSR count). The summed E-state index contributed by atoms with van der Waals surface area (Å²) in [5.41, 5.74) is 1.95. The lowest BCUT2D eigenvalue weighted by atomic mass is 10.1. The number of aromatic nitrogens is 4. The van der Waals surface area contributed by atoms with E-state index < -0.39 is 0 Å². The molecule has 1 aromatic heterocycles. The van der Waals surface area contributed by atoms with E-state index in [1.807, 2.05) is 36.4 Å². The summed E-state index contributed by atoms with van der Waals surface area (Å²) in [4.78, 5) is 4.56. The normalized spacial score (nSPS) is 16.6. The summed E-state index contributed by atoms with van der Waals surface area (Å²) in [5, 5.41) is 12.2. The van der Waals surface area contributed by atoms with Crippen molar-refractivity contribution >= 4 is 5.95 Å². The molecule has 7 heteroatoms. The number of anilines is 1. The van der Waals surface area contributed by atoms with Gasteiger partial charge in [-0.05, 0) is 47.2 Å². The van der Waals surface area contributed by atoms with Gasteiger partial charge in [-0.15, -0.1) is 0 Å². The molecule has 3 aromatic rings. The van der Waals surface area contributed by atoms with Gasteiger partial charge in [0.05, 0.1) is 5.69 Å². The second-order valence-corrected chi connectivity index (χ2v) is 6.48. The van der Waals surface area contributed by atoms with E-state index in [-0.39, 0.29) is 11.9 Å². The molecule has 1 aliphatic heterocycles. The van der Waals surface area contributed by atoms with Crippen LogP contribution in [0.2, 0.25) is 0 Å². The van der Waals surface area contributed by atoms with Crippen molar-refractivity contribution in [1.82, 2.24) is 25.1 Å². The molecule has 134 valence electrons. The maximum atomic E-state index is 13.5. The van der Waals surface area contributed by atoms with E-state index in [2.05, 4.69) is 32.2 Å². The van der Waals surface area contributed by atoms with Crippen molar-refractivity contribution in [2.75, 3.05) is 31.1 Å². The summed E-state index contributed by atoms with van der Waals surface area (Å²) in [6.07, 6.45) is 0. The molecule has 26 heavy (non-hydrogen) atoms. The molecule has 0 radical (unpaired) electrons. The minimum atomic E-state index is -0.185. The Morgan fingerprint density at radius 3 is 2.46 bits per heavy atom. The first-order valence-electron chi connectivity index (χ1n) is 8.80. The standard InChI is InChI=1S/C19H21FN6/c1-15(16-6-5-7-17(20)14-16)24-10-12-25(13-11-24)19-21-22-23-26(19)18-8-3-2-4-9-18/h2-9,14-15H,10-13H2,1H3. The number of hydrogen-bond donors (Lipinski definition) is 0.